The third-order valence-electron chi connectivity index (χ3n) is 4.76. The molecule has 0 unspecified atom stereocenters. The first-order valence-corrected chi connectivity index (χ1v) is 11.3. The highest BCUT2D eigenvalue weighted by molar-refractivity contribution is 7.99. The molecule has 4 rings (SSSR count). The Hall–Kier alpha value is -2.91. The van der Waals surface area contributed by atoms with Gasteiger partial charge in [-0.05, 0) is 26.3 Å². The Balaban J connectivity index is 1.54. The van der Waals surface area contributed by atoms with E-state index in [1.165, 1.54) is 34.1 Å². The van der Waals surface area contributed by atoms with Crippen molar-refractivity contribution in [2.75, 3.05) is 11.2 Å². The molecule has 154 valence electrons. The lowest BCUT2D eigenvalue weighted by molar-refractivity contribution is -0.114. The molecule has 0 saturated heterocycles. The van der Waals surface area contributed by atoms with Gasteiger partial charge < -0.3 is 4.52 Å². The van der Waals surface area contributed by atoms with E-state index in [1.807, 2.05) is 51.1 Å². The van der Waals surface area contributed by atoms with Crippen molar-refractivity contribution in [2.45, 2.75) is 26.5 Å². The zero-order valence-electron chi connectivity index (χ0n) is 16.8. The Bertz CT molecular complexity index is 1260. The number of carbonyl (C=O) groups is 1. The van der Waals surface area contributed by atoms with Crippen LogP contribution in [0.3, 0.4) is 0 Å². The molecule has 0 bridgehead atoms. The monoisotopic (exact) mass is 440 g/mol. The van der Waals surface area contributed by atoms with Crippen LogP contribution in [-0.2, 0) is 10.5 Å². The molecule has 1 aromatic carbocycles. The van der Waals surface area contributed by atoms with Crippen LogP contribution in [0, 0.1) is 20.8 Å². The summed E-state index contributed by atoms with van der Waals surface area (Å²) in [7, 11) is 0. The summed E-state index contributed by atoms with van der Waals surface area (Å²) < 4.78 is 6.30. The van der Waals surface area contributed by atoms with Gasteiger partial charge in [0.05, 0.1) is 16.8 Å². The molecule has 0 saturated carbocycles. The Morgan fingerprint density at radius 3 is 2.70 bits per heavy atom. The van der Waals surface area contributed by atoms with E-state index in [2.05, 4.69) is 15.6 Å². The number of hydrogen-bond acceptors (Lipinski definition) is 7. The SMILES string of the molecule is Cc1noc(C)c1CSCC(=O)Nn1cnc2sc(C)c(-c3ccccc3)c2c1=O. The number of thiophene rings is 1. The number of rotatable bonds is 6. The first-order valence-electron chi connectivity index (χ1n) is 9.31. The quantitative estimate of drug-likeness (QED) is 0.487. The molecule has 0 aliphatic heterocycles. The van der Waals surface area contributed by atoms with Gasteiger partial charge in [-0.25, -0.2) is 9.66 Å². The van der Waals surface area contributed by atoms with Crippen molar-refractivity contribution in [1.29, 1.82) is 0 Å². The highest BCUT2D eigenvalue weighted by Gasteiger charge is 2.17. The van der Waals surface area contributed by atoms with E-state index >= 15 is 0 Å². The van der Waals surface area contributed by atoms with Crippen molar-refractivity contribution >= 4 is 39.2 Å². The van der Waals surface area contributed by atoms with E-state index in [4.69, 9.17) is 4.52 Å². The van der Waals surface area contributed by atoms with Crippen molar-refractivity contribution < 1.29 is 9.32 Å². The normalized spacial score (nSPS) is 11.2. The molecule has 3 heterocycles. The number of aromatic nitrogens is 3. The standard InChI is InChI=1S/C21H20N4O3S2/c1-12-16(13(2)28-24-12)9-29-10-17(26)23-25-11-22-20-19(21(25)27)18(14(3)30-20)15-7-5-4-6-8-15/h4-8,11H,9-10H2,1-3H3,(H,23,26). The van der Waals surface area contributed by atoms with Crippen molar-refractivity contribution in [3.8, 4) is 11.1 Å². The van der Waals surface area contributed by atoms with Crippen LogP contribution < -0.4 is 11.0 Å². The van der Waals surface area contributed by atoms with Crippen molar-refractivity contribution in [3.63, 3.8) is 0 Å². The van der Waals surface area contributed by atoms with Gasteiger partial charge in [-0.15, -0.1) is 23.1 Å². The molecular formula is C21H20N4O3S2. The number of fused-ring (bicyclic) bond motifs is 1. The van der Waals surface area contributed by atoms with Crippen LogP contribution in [0.4, 0.5) is 0 Å². The van der Waals surface area contributed by atoms with Crippen LogP contribution in [-0.4, -0.2) is 26.5 Å². The zero-order chi connectivity index (χ0) is 21.3. The number of aryl methyl sites for hydroxylation is 3. The van der Waals surface area contributed by atoms with Crippen LogP contribution >= 0.6 is 23.1 Å². The van der Waals surface area contributed by atoms with Gasteiger partial charge in [0.1, 0.15) is 16.9 Å². The van der Waals surface area contributed by atoms with Gasteiger partial charge in [0, 0.05) is 21.8 Å². The zero-order valence-corrected chi connectivity index (χ0v) is 18.4. The van der Waals surface area contributed by atoms with E-state index < -0.39 is 0 Å². The molecule has 30 heavy (non-hydrogen) atoms. The molecule has 3 aromatic heterocycles. The van der Waals surface area contributed by atoms with Gasteiger partial charge in [-0.2, -0.15) is 0 Å². The maximum Gasteiger partial charge on any atom is 0.281 e. The molecule has 0 spiro atoms. The largest absolute Gasteiger partial charge is 0.361 e. The maximum atomic E-state index is 13.1. The summed E-state index contributed by atoms with van der Waals surface area (Å²) in [5.41, 5.74) is 6.01. The smallest absolute Gasteiger partial charge is 0.281 e. The number of amides is 1. The maximum absolute atomic E-state index is 13.1. The molecule has 0 atom stereocenters. The number of benzene rings is 1. The van der Waals surface area contributed by atoms with E-state index in [0.717, 1.165) is 33.0 Å². The number of hydrogen-bond donors (Lipinski definition) is 1. The second-order valence-corrected chi connectivity index (χ2v) is 9.02. The molecule has 4 aromatic rings. The predicted molar refractivity (Wildman–Crippen MR) is 121 cm³/mol. The van der Waals surface area contributed by atoms with Crippen molar-refractivity contribution in [3.05, 3.63) is 68.9 Å². The van der Waals surface area contributed by atoms with Gasteiger partial charge >= 0.3 is 0 Å². The topological polar surface area (TPSA) is 90.0 Å². The second kappa shape index (κ2) is 8.45. The van der Waals surface area contributed by atoms with Crippen LogP contribution in [0.15, 0.2) is 46.0 Å². The van der Waals surface area contributed by atoms with Gasteiger partial charge in [0.25, 0.3) is 5.56 Å². The van der Waals surface area contributed by atoms with Crippen LogP contribution in [0.5, 0.6) is 0 Å². The lowest BCUT2D eigenvalue weighted by atomic mass is 10.0. The highest BCUT2D eigenvalue weighted by Crippen LogP contribution is 2.35. The number of nitrogens with zero attached hydrogens (tertiary/aromatic N) is 3. The van der Waals surface area contributed by atoms with E-state index in [1.54, 1.807) is 0 Å². The lowest BCUT2D eigenvalue weighted by Crippen LogP contribution is -2.34. The van der Waals surface area contributed by atoms with Gasteiger partial charge in [-0.3, -0.25) is 15.0 Å². The minimum absolute atomic E-state index is 0.197. The van der Waals surface area contributed by atoms with Crippen molar-refractivity contribution in [2.24, 2.45) is 0 Å². The average molecular weight is 441 g/mol. The lowest BCUT2D eigenvalue weighted by Gasteiger charge is -2.08. The van der Waals surface area contributed by atoms with Crippen LogP contribution in [0.1, 0.15) is 21.9 Å². The van der Waals surface area contributed by atoms with E-state index in [-0.39, 0.29) is 17.2 Å². The fourth-order valence-electron chi connectivity index (χ4n) is 3.25. The Labute approximate surface area is 181 Å². The fraction of sp³-hybridized carbons (Fsp3) is 0.238. The van der Waals surface area contributed by atoms with Crippen LogP contribution in [0.25, 0.3) is 21.3 Å². The predicted octanol–water partition coefficient (Wildman–Crippen LogP) is 4.04. The summed E-state index contributed by atoms with van der Waals surface area (Å²) in [5, 5.41) is 4.44. The number of carbonyl (C=O) groups excluding carboxylic acids is 1. The summed E-state index contributed by atoms with van der Waals surface area (Å²) >= 11 is 2.91. The summed E-state index contributed by atoms with van der Waals surface area (Å²) in [6, 6.07) is 9.74. The number of thioether (sulfide) groups is 1. The average Bonchev–Trinajstić information content (AvgIpc) is 3.24. The highest BCUT2D eigenvalue weighted by atomic mass is 32.2. The third-order valence-corrected chi connectivity index (χ3v) is 6.73. The van der Waals surface area contributed by atoms with Crippen LogP contribution in [0.2, 0.25) is 0 Å². The first-order chi connectivity index (χ1) is 14.5. The Morgan fingerprint density at radius 2 is 2.00 bits per heavy atom. The molecule has 0 aliphatic carbocycles. The first kappa shape index (κ1) is 20.4. The number of nitrogens with one attached hydrogen (secondary N) is 1. The van der Waals surface area contributed by atoms with E-state index in [0.29, 0.717) is 16.0 Å². The van der Waals surface area contributed by atoms with Gasteiger partial charge in [-0.1, -0.05) is 35.5 Å². The Morgan fingerprint density at radius 1 is 1.23 bits per heavy atom. The van der Waals surface area contributed by atoms with E-state index in [9.17, 15) is 9.59 Å². The molecule has 0 fully saturated rings. The summed E-state index contributed by atoms with van der Waals surface area (Å²) in [4.78, 5) is 31.6. The minimum Gasteiger partial charge on any atom is -0.361 e. The molecule has 1 amide bonds. The molecule has 9 heteroatoms. The molecule has 7 nitrogen and oxygen atoms in total. The molecule has 0 aliphatic rings. The summed E-state index contributed by atoms with van der Waals surface area (Å²) in [6.07, 6.45) is 1.37. The minimum atomic E-state index is -0.285. The second-order valence-electron chi connectivity index (χ2n) is 6.83. The van der Waals surface area contributed by atoms with Gasteiger partial charge in [0.2, 0.25) is 5.91 Å². The Kier molecular flexibility index (Phi) is 5.74. The van der Waals surface area contributed by atoms with Crippen molar-refractivity contribution in [1.82, 2.24) is 14.8 Å². The summed E-state index contributed by atoms with van der Waals surface area (Å²) in [6.45, 7) is 5.70. The third kappa shape index (κ3) is 3.90. The molecular weight excluding hydrogens is 420 g/mol. The van der Waals surface area contributed by atoms with Gasteiger partial charge in [0.15, 0.2) is 0 Å². The molecule has 1 N–H and O–H groups in total. The molecule has 0 radical (unpaired) electrons. The fourth-order valence-corrected chi connectivity index (χ4v) is 5.23. The summed E-state index contributed by atoms with van der Waals surface area (Å²) in [5.74, 6) is 1.29.